The molecule has 7 heteroatoms. The highest BCUT2D eigenvalue weighted by Crippen LogP contribution is 2.14. The van der Waals surface area contributed by atoms with Gasteiger partial charge in [0, 0.05) is 26.1 Å². The zero-order chi connectivity index (χ0) is 15.9. The number of rotatable bonds is 8. The average molecular weight is 314 g/mol. The minimum atomic E-state index is -3.59. The van der Waals surface area contributed by atoms with Crippen molar-refractivity contribution in [1.82, 2.24) is 10.0 Å². The summed E-state index contributed by atoms with van der Waals surface area (Å²) in [6.45, 7) is 4.21. The molecule has 0 unspecified atom stereocenters. The molecule has 0 saturated carbocycles. The second-order valence-electron chi connectivity index (χ2n) is 4.82. The molecule has 0 aliphatic carbocycles. The lowest BCUT2D eigenvalue weighted by atomic mass is 10.1. The number of hydrogen-bond donors (Lipinski definition) is 3. The van der Waals surface area contributed by atoms with Crippen LogP contribution >= 0.6 is 0 Å². The van der Waals surface area contributed by atoms with Crippen molar-refractivity contribution >= 4 is 15.9 Å². The van der Waals surface area contributed by atoms with Crippen LogP contribution in [0.25, 0.3) is 0 Å². The Kier molecular flexibility index (Phi) is 6.80. The lowest BCUT2D eigenvalue weighted by Gasteiger charge is -2.09. The van der Waals surface area contributed by atoms with Crippen molar-refractivity contribution < 1.29 is 18.3 Å². The Labute approximate surface area is 125 Å². The van der Waals surface area contributed by atoms with Gasteiger partial charge in [-0.05, 0) is 43.5 Å². The molecule has 1 aromatic rings. The minimum absolute atomic E-state index is 0.0136. The molecule has 0 aliphatic heterocycles. The van der Waals surface area contributed by atoms with E-state index in [1.165, 1.54) is 0 Å². The molecule has 0 bridgehead atoms. The van der Waals surface area contributed by atoms with E-state index >= 15 is 0 Å². The topological polar surface area (TPSA) is 95.5 Å². The van der Waals surface area contributed by atoms with E-state index in [9.17, 15) is 13.2 Å². The van der Waals surface area contributed by atoms with Crippen LogP contribution in [0, 0.1) is 13.8 Å². The van der Waals surface area contributed by atoms with Gasteiger partial charge in [-0.15, -0.1) is 0 Å². The Balaban J connectivity index is 2.50. The maximum absolute atomic E-state index is 12.1. The normalized spacial score (nSPS) is 11.4. The minimum Gasteiger partial charge on any atom is -0.396 e. The number of aliphatic hydroxyl groups excluding tert-OH is 1. The summed E-state index contributed by atoms with van der Waals surface area (Å²) >= 11 is 0. The van der Waals surface area contributed by atoms with E-state index < -0.39 is 10.0 Å². The van der Waals surface area contributed by atoms with Crippen LogP contribution in [0.3, 0.4) is 0 Å². The fourth-order valence-electron chi connectivity index (χ4n) is 1.66. The van der Waals surface area contributed by atoms with Crippen LogP contribution in [0.1, 0.15) is 24.0 Å². The monoisotopic (exact) mass is 314 g/mol. The molecule has 21 heavy (non-hydrogen) atoms. The number of carbonyl (C=O) groups excluding carboxylic acids is 1. The number of aliphatic hydroxyl groups is 1. The van der Waals surface area contributed by atoms with Gasteiger partial charge in [-0.25, -0.2) is 13.1 Å². The van der Waals surface area contributed by atoms with Crippen LogP contribution < -0.4 is 10.0 Å². The third-order valence-electron chi connectivity index (χ3n) is 3.09. The van der Waals surface area contributed by atoms with Gasteiger partial charge in [0.15, 0.2) is 0 Å². The molecule has 0 aliphatic rings. The van der Waals surface area contributed by atoms with Crippen LogP contribution in [0.15, 0.2) is 23.1 Å². The van der Waals surface area contributed by atoms with Gasteiger partial charge < -0.3 is 10.4 Å². The average Bonchev–Trinajstić information content (AvgIpc) is 2.42. The van der Waals surface area contributed by atoms with Crippen molar-refractivity contribution in [2.45, 2.75) is 31.6 Å². The van der Waals surface area contributed by atoms with E-state index in [4.69, 9.17) is 5.11 Å². The summed E-state index contributed by atoms with van der Waals surface area (Å²) in [4.78, 5) is 11.6. The Bertz CT molecular complexity index is 585. The van der Waals surface area contributed by atoms with Crippen LogP contribution in [-0.4, -0.2) is 39.1 Å². The van der Waals surface area contributed by atoms with Crippen molar-refractivity contribution in [2.24, 2.45) is 0 Å². The van der Waals surface area contributed by atoms with Gasteiger partial charge in [-0.2, -0.15) is 0 Å². The predicted molar refractivity (Wildman–Crippen MR) is 80.4 cm³/mol. The maximum Gasteiger partial charge on any atom is 0.240 e. The summed E-state index contributed by atoms with van der Waals surface area (Å²) < 4.78 is 26.5. The molecule has 118 valence electrons. The Hall–Kier alpha value is -1.44. The van der Waals surface area contributed by atoms with Crippen LogP contribution in [0.5, 0.6) is 0 Å². The van der Waals surface area contributed by atoms with Crippen LogP contribution in [0.4, 0.5) is 0 Å². The van der Waals surface area contributed by atoms with Crippen molar-refractivity contribution in [3.8, 4) is 0 Å². The fraction of sp³-hybridized carbons (Fsp3) is 0.500. The lowest BCUT2D eigenvalue weighted by molar-refractivity contribution is -0.120. The SMILES string of the molecule is Cc1ccc(S(=O)(=O)NCCC(=O)NCCCO)cc1C. The Morgan fingerprint density at radius 3 is 2.52 bits per heavy atom. The third-order valence-corrected chi connectivity index (χ3v) is 4.55. The molecule has 6 nitrogen and oxygen atoms in total. The molecule has 1 rings (SSSR count). The van der Waals surface area contributed by atoms with Gasteiger partial charge in [0.1, 0.15) is 0 Å². The highest BCUT2D eigenvalue weighted by Gasteiger charge is 2.14. The first-order valence-corrected chi connectivity index (χ1v) is 8.29. The third kappa shape index (κ3) is 5.82. The summed E-state index contributed by atoms with van der Waals surface area (Å²) in [5, 5.41) is 11.2. The van der Waals surface area contributed by atoms with E-state index in [2.05, 4.69) is 10.0 Å². The number of hydrogen-bond acceptors (Lipinski definition) is 4. The highest BCUT2D eigenvalue weighted by molar-refractivity contribution is 7.89. The van der Waals surface area contributed by atoms with E-state index in [1.54, 1.807) is 18.2 Å². The predicted octanol–water partition coefficient (Wildman–Crippen LogP) is 0.470. The van der Waals surface area contributed by atoms with Gasteiger partial charge in [0.05, 0.1) is 4.90 Å². The summed E-state index contributed by atoms with van der Waals surface area (Å²) in [5.41, 5.74) is 1.93. The molecule has 3 N–H and O–H groups in total. The largest absolute Gasteiger partial charge is 0.396 e. The lowest BCUT2D eigenvalue weighted by Crippen LogP contribution is -2.31. The van der Waals surface area contributed by atoms with Gasteiger partial charge in [-0.3, -0.25) is 4.79 Å². The van der Waals surface area contributed by atoms with Crippen molar-refractivity contribution in [3.63, 3.8) is 0 Å². The Morgan fingerprint density at radius 1 is 1.19 bits per heavy atom. The van der Waals surface area contributed by atoms with Gasteiger partial charge in [-0.1, -0.05) is 6.07 Å². The molecular weight excluding hydrogens is 292 g/mol. The van der Waals surface area contributed by atoms with Gasteiger partial charge in [0.25, 0.3) is 0 Å². The first kappa shape index (κ1) is 17.6. The summed E-state index contributed by atoms with van der Waals surface area (Å²) in [6, 6.07) is 4.91. The quantitative estimate of drug-likeness (QED) is 0.608. The number of aryl methyl sites for hydroxylation is 2. The fourth-order valence-corrected chi connectivity index (χ4v) is 2.78. The zero-order valence-electron chi connectivity index (χ0n) is 12.3. The molecule has 0 heterocycles. The number of benzene rings is 1. The maximum atomic E-state index is 12.1. The molecule has 0 saturated heterocycles. The molecule has 0 aromatic heterocycles. The standard InChI is InChI=1S/C14H22N2O4S/c1-11-4-5-13(10-12(11)2)21(19,20)16-8-6-14(18)15-7-3-9-17/h4-5,10,16-17H,3,6-9H2,1-2H3,(H,15,18). The first-order valence-electron chi connectivity index (χ1n) is 6.81. The second-order valence-corrected chi connectivity index (χ2v) is 6.59. The number of sulfonamides is 1. The smallest absolute Gasteiger partial charge is 0.240 e. The molecular formula is C14H22N2O4S. The van der Waals surface area contributed by atoms with E-state index in [-0.39, 0.29) is 30.4 Å². The molecule has 0 atom stereocenters. The zero-order valence-corrected chi connectivity index (χ0v) is 13.2. The second kappa shape index (κ2) is 8.11. The number of amides is 1. The van der Waals surface area contributed by atoms with Crippen LogP contribution in [-0.2, 0) is 14.8 Å². The molecule has 0 spiro atoms. The summed E-state index contributed by atoms with van der Waals surface area (Å²) in [5.74, 6) is -0.244. The van der Waals surface area contributed by atoms with Gasteiger partial charge >= 0.3 is 0 Å². The molecule has 0 fully saturated rings. The summed E-state index contributed by atoms with van der Waals surface area (Å²) in [7, 11) is -3.59. The molecule has 1 amide bonds. The van der Waals surface area contributed by atoms with E-state index in [0.29, 0.717) is 13.0 Å². The van der Waals surface area contributed by atoms with E-state index in [1.807, 2.05) is 13.8 Å². The van der Waals surface area contributed by atoms with Crippen molar-refractivity contribution in [2.75, 3.05) is 19.7 Å². The summed E-state index contributed by atoms with van der Waals surface area (Å²) in [6.07, 6.45) is 0.551. The molecule has 1 aromatic carbocycles. The Morgan fingerprint density at radius 2 is 1.90 bits per heavy atom. The van der Waals surface area contributed by atoms with E-state index in [0.717, 1.165) is 11.1 Å². The number of nitrogens with one attached hydrogen (secondary N) is 2. The number of carbonyl (C=O) groups is 1. The van der Waals surface area contributed by atoms with Crippen molar-refractivity contribution in [3.05, 3.63) is 29.3 Å². The van der Waals surface area contributed by atoms with Crippen molar-refractivity contribution in [1.29, 1.82) is 0 Å². The molecule has 0 radical (unpaired) electrons. The highest BCUT2D eigenvalue weighted by atomic mass is 32.2. The van der Waals surface area contributed by atoms with Crippen LogP contribution in [0.2, 0.25) is 0 Å². The first-order chi connectivity index (χ1) is 9.86. The van der Waals surface area contributed by atoms with Gasteiger partial charge in [0.2, 0.25) is 15.9 Å².